The van der Waals surface area contributed by atoms with Crippen molar-refractivity contribution in [3.8, 4) is 0 Å². The summed E-state index contributed by atoms with van der Waals surface area (Å²) in [5.41, 5.74) is 0.518. The van der Waals surface area contributed by atoms with Gasteiger partial charge in [0.15, 0.2) is 0 Å². The topological polar surface area (TPSA) is 41.1 Å². The van der Waals surface area contributed by atoms with Crippen LogP contribution in [0.1, 0.15) is 46.0 Å². The maximum absolute atomic E-state index is 11.9. The minimum atomic E-state index is 0. The summed E-state index contributed by atoms with van der Waals surface area (Å²) in [6, 6.07) is 0.379. The van der Waals surface area contributed by atoms with Crippen LogP contribution in [0, 0.1) is 11.3 Å². The first-order valence-electron chi connectivity index (χ1n) is 7.63. The summed E-state index contributed by atoms with van der Waals surface area (Å²) >= 11 is 1.95. The second-order valence-electron chi connectivity index (χ2n) is 6.84. The Kier molecular flexibility index (Phi) is 7.70. The monoisotopic (exact) mass is 320 g/mol. The van der Waals surface area contributed by atoms with Gasteiger partial charge in [0, 0.05) is 37.1 Å². The summed E-state index contributed by atoms with van der Waals surface area (Å²) in [5.74, 6) is 3.18. The van der Waals surface area contributed by atoms with Crippen LogP contribution in [-0.2, 0) is 4.79 Å². The van der Waals surface area contributed by atoms with Gasteiger partial charge >= 0.3 is 0 Å². The molecule has 2 fully saturated rings. The fraction of sp³-hybridized carbons (Fsp3) is 0.933. The van der Waals surface area contributed by atoms with Gasteiger partial charge in [-0.3, -0.25) is 4.79 Å². The first-order chi connectivity index (χ1) is 9.05. The fourth-order valence-electron chi connectivity index (χ4n) is 2.97. The van der Waals surface area contributed by atoms with Gasteiger partial charge in [-0.2, -0.15) is 11.8 Å². The minimum Gasteiger partial charge on any atom is -0.356 e. The number of carbonyl (C=O) groups excluding carboxylic acids is 1. The molecule has 0 aromatic carbocycles. The minimum absolute atomic E-state index is 0. The molecule has 20 heavy (non-hydrogen) atoms. The first-order valence-corrected chi connectivity index (χ1v) is 8.78. The zero-order valence-corrected chi connectivity index (χ0v) is 14.4. The van der Waals surface area contributed by atoms with Crippen molar-refractivity contribution in [3.63, 3.8) is 0 Å². The van der Waals surface area contributed by atoms with Crippen molar-refractivity contribution >= 4 is 30.1 Å². The van der Waals surface area contributed by atoms with E-state index in [0.717, 1.165) is 18.8 Å². The number of rotatable bonds is 4. The highest BCUT2D eigenvalue weighted by Crippen LogP contribution is 2.37. The van der Waals surface area contributed by atoms with Crippen LogP contribution in [0.15, 0.2) is 0 Å². The zero-order chi connectivity index (χ0) is 13.7. The molecular formula is C15H29ClN2OS. The second kappa shape index (κ2) is 8.50. The van der Waals surface area contributed by atoms with Gasteiger partial charge in [-0.1, -0.05) is 13.8 Å². The number of carbonyl (C=O) groups is 1. The second-order valence-corrected chi connectivity index (χ2v) is 7.99. The fourth-order valence-corrected chi connectivity index (χ4v) is 3.92. The molecule has 1 aliphatic carbocycles. The summed E-state index contributed by atoms with van der Waals surface area (Å²) in [7, 11) is 0. The van der Waals surface area contributed by atoms with E-state index in [1.165, 1.54) is 31.4 Å². The summed E-state index contributed by atoms with van der Waals surface area (Å²) in [6.07, 6.45) is 5.78. The highest BCUT2D eigenvalue weighted by atomic mass is 35.5. The zero-order valence-electron chi connectivity index (χ0n) is 12.7. The third kappa shape index (κ3) is 6.23. The predicted octanol–water partition coefficient (Wildman–Crippen LogP) is 2.84. The van der Waals surface area contributed by atoms with Gasteiger partial charge in [0.25, 0.3) is 0 Å². The quantitative estimate of drug-likeness (QED) is 0.837. The van der Waals surface area contributed by atoms with E-state index >= 15 is 0 Å². The molecule has 1 saturated carbocycles. The van der Waals surface area contributed by atoms with Gasteiger partial charge in [-0.25, -0.2) is 0 Å². The molecule has 1 unspecified atom stereocenters. The molecule has 0 aromatic rings. The van der Waals surface area contributed by atoms with Crippen molar-refractivity contribution in [1.29, 1.82) is 0 Å². The Hall–Kier alpha value is 0.0700. The molecule has 0 radical (unpaired) electrons. The van der Waals surface area contributed by atoms with Gasteiger partial charge in [0.05, 0.1) is 0 Å². The molecule has 1 heterocycles. The van der Waals surface area contributed by atoms with Gasteiger partial charge in [0.1, 0.15) is 0 Å². The smallest absolute Gasteiger partial charge is 0.221 e. The maximum Gasteiger partial charge on any atom is 0.221 e. The van der Waals surface area contributed by atoms with E-state index in [0.29, 0.717) is 23.8 Å². The summed E-state index contributed by atoms with van der Waals surface area (Å²) < 4.78 is 0. The molecule has 5 heteroatoms. The van der Waals surface area contributed by atoms with Crippen LogP contribution in [0.25, 0.3) is 0 Å². The van der Waals surface area contributed by atoms with E-state index in [1.807, 2.05) is 11.8 Å². The molecule has 1 atom stereocenters. The SMILES string of the molecule is CC1(C)CCC(CNC(=O)CC2CSCCN2)CC1.Cl. The molecule has 0 spiro atoms. The molecular weight excluding hydrogens is 292 g/mol. The molecule has 2 N–H and O–H groups in total. The van der Waals surface area contributed by atoms with Crippen LogP contribution in [0.2, 0.25) is 0 Å². The highest BCUT2D eigenvalue weighted by Gasteiger charge is 2.27. The molecule has 2 aliphatic rings. The van der Waals surface area contributed by atoms with Gasteiger partial charge in [-0.05, 0) is 37.0 Å². The number of nitrogens with one attached hydrogen (secondary N) is 2. The van der Waals surface area contributed by atoms with E-state index in [9.17, 15) is 4.79 Å². The lowest BCUT2D eigenvalue weighted by Crippen LogP contribution is -2.42. The molecule has 118 valence electrons. The number of hydrogen-bond donors (Lipinski definition) is 2. The average Bonchev–Trinajstić information content (AvgIpc) is 2.39. The summed E-state index contributed by atoms with van der Waals surface area (Å²) in [4.78, 5) is 11.9. The van der Waals surface area contributed by atoms with Crippen LogP contribution < -0.4 is 10.6 Å². The molecule has 1 saturated heterocycles. The Labute approximate surface area is 133 Å². The first kappa shape index (κ1) is 18.1. The number of halogens is 1. The van der Waals surface area contributed by atoms with Crippen LogP contribution in [0.5, 0.6) is 0 Å². The van der Waals surface area contributed by atoms with Crippen molar-refractivity contribution in [3.05, 3.63) is 0 Å². The van der Waals surface area contributed by atoms with Crippen molar-refractivity contribution in [1.82, 2.24) is 10.6 Å². The van der Waals surface area contributed by atoms with Crippen molar-refractivity contribution < 1.29 is 4.79 Å². The molecule has 2 rings (SSSR count). The van der Waals surface area contributed by atoms with Crippen LogP contribution >= 0.6 is 24.2 Å². The Morgan fingerprint density at radius 2 is 2.05 bits per heavy atom. The number of hydrogen-bond acceptors (Lipinski definition) is 3. The third-order valence-corrected chi connectivity index (χ3v) is 5.61. The molecule has 1 amide bonds. The standard InChI is InChI=1S/C15H28N2OS.ClH/c1-15(2)5-3-12(4-6-15)10-17-14(18)9-13-11-19-8-7-16-13;/h12-13,16H,3-11H2,1-2H3,(H,17,18);1H. The van der Waals surface area contributed by atoms with Crippen LogP contribution in [0.4, 0.5) is 0 Å². The highest BCUT2D eigenvalue weighted by molar-refractivity contribution is 7.99. The molecule has 1 aliphatic heterocycles. The lowest BCUT2D eigenvalue weighted by atomic mass is 9.73. The summed E-state index contributed by atoms with van der Waals surface area (Å²) in [5, 5.41) is 6.56. The number of amides is 1. The molecule has 3 nitrogen and oxygen atoms in total. The molecule has 0 bridgehead atoms. The van der Waals surface area contributed by atoms with Gasteiger partial charge in [0.2, 0.25) is 5.91 Å². The van der Waals surface area contributed by atoms with E-state index in [-0.39, 0.29) is 18.3 Å². The Morgan fingerprint density at radius 3 is 2.65 bits per heavy atom. The normalized spacial score (nSPS) is 26.6. The average molecular weight is 321 g/mol. The summed E-state index contributed by atoms with van der Waals surface area (Å²) in [6.45, 7) is 6.64. The number of thioether (sulfide) groups is 1. The van der Waals surface area contributed by atoms with Crippen LogP contribution in [-0.4, -0.2) is 36.5 Å². The van der Waals surface area contributed by atoms with Gasteiger partial charge in [-0.15, -0.1) is 12.4 Å². The Morgan fingerprint density at radius 1 is 1.35 bits per heavy atom. The van der Waals surface area contributed by atoms with Crippen LogP contribution in [0.3, 0.4) is 0 Å². The van der Waals surface area contributed by atoms with Crippen molar-refractivity contribution in [2.45, 2.75) is 52.0 Å². The van der Waals surface area contributed by atoms with Crippen molar-refractivity contribution in [2.24, 2.45) is 11.3 Å². The Balaban J connectivity index is 0.00000200. The van der Waals surface area contributed by atoms with Gasteiger partial charge < -0.3 is 10.6 Å². The lowest BCUT2D eigenvalue weighted by Gasteiger charge is -2.34. The predicted molar refractivity (Wildman–Crippen MR) is 89.7 cm³/mol. The van der Waals surface area contributed by atoms with E-state index in [4.69, 9.17) is 0 Å². The Bertz CT molecular complexity index is 296. The van der Waals surface area contributed by atoms with Crippen molar-refractivity contribution in [2.75, 3.05) is 24.6 Å². The third-order valence-electron chi connectivity index (χ3n) is 4.48. The largest absolute Gasteiger partial charge is 0.356 e. The molecule has 0 aromatic heterocycles. The van der Waals surface area contributed by atoms with E-state index < -0.39 is 0 Å². The lowest BCUT2D eigenvalue weighted by molar-refractivity contribution is -0.121. The van der Waals surface area contributed by atoms with E-state index in [2.05, 4.69) is 24.5 Å². The van der Waals surface area contributed by atoms with E-state index in [1.54, 1.807) is 0 Å². The maximum atomic E-state index is 11.9.